The first-order chi connectivity index (χ1) is 7.22. The largest absolute Gasteiger partial charge is 0.337 e. The molecule has 1 aliphatic heterocycles. The lowest BCUT2D eigenvalue weighted by molar-refractivity contribution is 0.0744. The highest BCUT2D eigenvalue weighted by atomic mass is 19.1. The Morgan fingerprint density at radius 2 is 2.27 bits per heavy atom. The van der Waals surface area contributed by atoms with Gasteiger partial charge in [-0.3, -0.25) is 4.79 Å². The van der Waals surface area contributed by atoms with E-state index in [1.165, 1.54) is 12.1 Å². The summed E-state index contributed by atoms with van der Waals surface area (Å²) < 4.78 is 12.9. The number of carbonyl (C=O) groups excluding carboxylic acids is 1. The molecule has 1 heterocycles. The van der Waals surface area contributed by atoms with E-state index in [0.717, 1.165) is 5.56 Å². The molecule has 4 heteroatoms. The number of rotatable bonds is 2. The summed E-state index contributed by atoms with van der Waals surface area (Å²) in [6, 6.07) is 4.31. The molecule has 1 aromatic carbocycles. The van der Waals surface area contributed by atoms with Gasteiger partial charge in [0.25, 0.3) is 5.91 Å². The zero-order valence-electron chi connectivity index (χ0n) is 8.37. The molecule has 0 radical (unpaired) electrons. The second-order valence-corrected chi connectivity index (χ2v) is 3.63. The third-order valence-electron chi connectivity index (χ3n) is 2.63. The Labute approximate surface area is 87.7 Å². The minimum absolute atomic E-state index is 0.0401. The maximum absolute atomic E-state index is 12.9. The Balaban J connectivity index is 2.30. The molecule has 0 aromatic heterocycles. The van der Waals surface area contributed by atoms with E-state index < -0.39 is 0 Å². The van der Waals surface area contributed by atoms with E-state index in [2.05, 4.69) is 0 Å². The number of benzene rings is 1. The van der Waals surface area contributed by atoms with Crippen molar-refractivity contribution in [3.63, 3.8) is 0 Å². The van der Waals surface area contributed by atoms with Crippen LogP contribution in [0.5, 0.6) is 0 Å². The van der Waals surface area contributed by atoms with Gasteiger partial charge in [0.2, 0.25) is 0 Å². The van der Waals surface area contributed by atoms with Crippen molar-refractivity contribution in [2.75, 3.05) is 19.6 Å². The molecule has 1 amide bonds. The Bertz CT molecular complexity index is 392. The lowest BCUT2D eigenvalue weighted by Gasteiger charge is -2.28. The highest BCUT2D eigenvalue weighted by molar-refractivity contribution is 5.96. The molecule has 15 heavy (non-hydrogen) atoms. The molecule has 0 aliphatic carbocycles. The number of amides is 1. The second-order valence-electron chi connectivity index (χ2n) is 3.63. The normalized spacial score (nSPS) is 15.3. The lowest BCUT2D eigenvalue weighted by Crippen LogP contribution is -2.40. The number of halogens is 1. The van der Waals surface area contributed by atoms with Crippen LogP contribution in [-0.2, 0) is 6.42 Å². The summed E-state index contributed by atoms with van der Waals surface area (Å²) in [7, 11) is 0. The Morgan fingerprint density at radius 3 is 3.00 bits per heavy atom. The first kappa shape index (κ1) is 10.1. The van der Waals surface area contributed by atoms with Gasteiger partial charge < -0.3 is 10.6 Å². The molecule has 3 nitrogen and oxygen atoms in total. The lowest BCUT2D eigenvalue weighted by atomic mass is 9.99. The van der Waals surface area contributed by atoms with Gasteiger partial charge in [0.05, 0.1) is 0 Å². The molecule has 0 saturated heterocycles. The number of fused-ring (bicyclic) bond motifs is 1. The van der Waals surface area contributed by atoms with Crippen LogP contribution in [0.3, 0.4) is 0 Å². The van der Waals surface area contributed by atoms with Gasteiger partial charge in [-0.2, -0.15) is 0 Å². The molecule has 0 saturated carbocycles. The van der Waals surface area contributed by atoms with Crippen molar-refractivity contribution >= 4 is 5.91 Å². The molecule has 1 aromatic rings. The predicted octanol–water partition coefficient (Wildman–Crippen LogP) is 0.783. The summed E-state index contributed by atoms with van der Waals surface area (Å²) in [6.45, 7) is 1.66. The summed E-state index contributed by atoms with van der Waals surface area (Å²) >= 11 is 0. The molecule has 1 aliphatic rings. The van der Waals surface area contributed by atoms with Crippen LogP contribution in [-0.4, -0.2) is 30.4 Å². The van der Waals surface area contributed by atoms with Crippen LogP contribution in [0.15, 0.2) is 18.2 Å². The van der Waals surface area contributed by atoms with Gasteiger partial charge in [0.1, 0.15) is 5.82 Å². The molecule has 0 unspecified atom stereocenters. The molecule has 0 fully saturated rings. The smallest absolute Gasteiger partial charge is 0.254 e. The number of carbonyl (C=O) groups is 1. The molecule has 0 bridgehead atoms. The monoisotopic (exact) mass is 208 g/mol. The van der Waals surface area contributed by atoms with Crippen molar-refractivity contribution in [2.45, 2.75) is 6.42 Å². The molecule has 2 N–H and O–H groups in total. The topological polar surface area (TPSA) is 46.3 Å². The zero-order valence-corrected chi connectivity index (χ0v) is 8.37. The highest BCUT2D eigenvalue weighted by Gasteiger charge is 2.23. The van der Waals surface area contributed by atoms with Crippen LogP contribution in [0, 0.1) is 5.82 Å². The van der Waals surface area contributed by atoms with Gasteiger partial charge >= 0.3 is 0 Å². The Morgan fingerprint density at radius 1 is 1.47 bits per heavy atom. The summed E-state index contributed by atoms with van der Waals surface area (Å²) in [5.74, 6) is -0.324. The van der Waals surface area contributed by atoms with E-state index >= 15 is 0 Å². The van der Waals surface area contributed by atoms with E-state index in [9.17, 15) is 9.18 Å². The predicted molar refractivity (Wildman–Crippen MR) is 55.1 cm³/mol. The first-order valence-electron chi connectivity index (χ1n) is 5.00. The van der Waals surface area contributed by atoms with Crippen LogP contribution in [0.25, 0.3) is 0 Å². The number of nitrogens with two attached hydrogens (primary N) is 1. The summed E-state index contributed by atoms with van der Waals surface area (Å²) in [5.41, 5.74) is 6.82. The zero-order chi connectivity index (χ0) is 10.8. The maximum atomic E-state index is 12.9. The van der Waals surface area contributed by atoms with Crippen molar-refractivity contribution in [3.8, 4) is 0 Å². The van der Waals surface area contributed by atoms with E-state index in [1.807, 2.05) is 0 Å². The first-order valence-corrected chi connectivity index (χ1v) is 5.00. The summed E-state index contributed by atoms with van der Waals surface area (Å²) in [5, 5.41) is 0. The average molecular weight is 208 g/mol. The molecule has 2 rings (SSSR count). The van der Waals surface area contributed by atoms with Gasteiger partial charge in [-0.15, -0.1) is 0 Å². The summed E-state index contributed by atoms with van der Waals surface area (Å²) in [4.78, 5) is 13.6. The fourth-order valence-corrected chi connectivity index (χ4v) is 1.87. The third-order valence-corrected chi connectivity index (χ3v) is 2.63. The minimum atomic E-state index is -0.283. The van der Waals surface area contributed by atoms with Crippen molar-refractivity contribution in [1.29, 1.82) is 0 Å². The quantitative estimate of drug-likeness (QED) is 0.780. The van der Waals surface area contributed by atoms with Crippen LogP contribution in [0.4, 0.5) is 4.39 Å². The van der Waals surface area contributed by atoms with Crippen molar-refractivity contribution < 1.29 is 9.18 Å². The van der Waals surface area contributed by atoms with Crippen LogP contribution < -0.4 is 5.73 Å². The molecule has 80 valence electrons. The SMILES string of the molecule is NCCN1CCc2cc(F)ccc2C1=O. The molecule has 0 spiro atoms. The number of nitrogens with zero attached hydrogens (tertiary/aromatic N) is 1. The fraction of sp³-hybridized carbons (Fsp3) is 0.364. The Hall–Kier alpha value is -1.42. The standard InChI is InChI=1S/C11H13FN2O/c12-9-1-2-10-8(7-9)3-5-14(6-4-13)11(10)15/h1-2,7H,3-6,13H2. The number of hydrogen-bond acceptors (Lipinski definition) is 2. The van der Waals surface area contributed by atoms with E-state index in [0.29, 0.717) is 31.6 Å². The third kappa shape index (κ3) is 1.85. The molecular formula is C11H13FN2O. The van der Waals surface area contributed by atoms with E-state index in [-0.39, 0.29) is 11.7 Å². The van der Waals surface area contributed by atoms with Gasteiger partial charge in [0, 0.05) is 25.2 Å². The van der Waals surface area contributed by atoms with Gasteiger partial charge in [-0.05, 0) is 30.2 Å². The molecule has 0 atom stereocenters. The maximum Gasteiger partial charge on any atom is 0.254 e. The Kier molecular flexibility index (Phi) is 2.68. The minimum Gasteiger partial charge on any atom is -0.337 e. The van der Waals surface area contributed by atoms with E-state index in [4.69, 9.17) is 5.73 Å². The van der Waals surface area contributed by atoms with Crippen molar-refractivity contribution in [3.05, 3.63) is 35.1 Å². The second kappa shape index (κ2) is 3.98. The van der Waals surface area contributed by atoms with Crippen LogP contribution >= 0.6 is 0 Å². The van der Waals surface area contributed by atoms with Gasteiger partial charge in [-0.1, -0.05) is 0 Å². The average Bonchev–Trinajstić information content (AvgIpc) is 2.22. The highest BCUT2D eigenvalue weighted by Crippen LogP contribution is 2.19. The fourth-order valence-electron chi connectivity index (χ4n) is 1.87. The number of hydrogen-bond donors (Lipinski definition) is 1. The van der Waals surface area contributed by atoms with E-state index in [1.54, 1.807) is 11.0 Å². The van der Waals surface area contributed by atoms with Gasteiger partial charge in [0.15, 0.2) is 0 Å². The molecular weight excluding hydrogens is 195 g/mol. The van der Waals surface area contributed by atoms with Gasteiger partial charge in [-0.25, -0.2) is 4.39 Å². The van der Waals surface area contributed by atoms with Crippen LogP contribution in [0.2, 0.25) is 0 Å². The van der Waals surface area contributed by atoms with Crippen molar-refractivity contribution in [1.82, 2.24) is 4.90 Å². The van der Waals surface area contributed by atoms with Crippen LogP contribution in [0.1, 0.15) is 15.9 Å². The van der Waals surface area contributed by atoms with Crippen molar-refractivity contribution in [2.24, 2.45) is 5.73 Å². The summed E-state index contributed by atoms with van der Waals surface area (Å²) in [6.07, 6.45) is 0.707.